The zero-order chi connectivity index (χ0) is 26.2. The smallest absolute Gasteiger partial charge is 0.230 e. The number of benzene rings is 3. The lowest BCUT2D eigenvalue weighted by Crippen LogP contribution is -2.11. The molecule has 5 nitrogen and oxygen atoms in total. The number of hydrogen-bond donors (Lipinski definition) is 0. The lowest BCUT2D eigenvalue weighted by molar-refractivity contribution is 0.103. The summed E-state index contributed by atoms with van der Waals surface area (Å²) in [7, 11) is 3.91. The molecule has 0 aliphatic rings. The van der Waals surface area contributed by atoms with Gasteiger partial charge in [0.05, 0.1) is 11.2 Å². The van der Waals surface area contributed by atoms with Gasteiger partial charge < -0.3 is 9.64 Å². The quantitative estimate of drug-likeness (QED) is 0.231. The molecule has 0 radical (unpaired) electrons. The normalized spacial score (nSPS) is 10.4. The molecule has 0 aliphatic heterocycles. The SMILES string of the molecule is C#CCOc1ccc2nc(C(=O)c3ccc(N(C)C)cc3)nc(-c3ccc(C)cc3)c2c1.CC(C)C. The van der Waals surface area contributed by atoms with Gasteiger partial charge in [-0.2, -0.15) is 0 Å². The Morgan fingerprint density at radius 2 is 1.61 bits per heavy atom. The van der Waals surface area contributed by atoms with E-state index in [1.165, 1.54) is 0 Å². The van der Waals surface area contributed by atoms with Crippen LogP contribution in [0.2, 0.25) is 0 Å². The van der Waals surface area contributed by atoms with Crippen LogP contribution in [0.1, 0.15) is 42.5 Å². The lowest BCUT2D eigenvalue weighted by atomic mass is 10.0. The molecule has 184 valence electrons. The van der Waals surface area contributed by atoms with E-state index < -0.39 is 0 Å². The average Bonchev–Trinajstić information content (AvgIpc) is 2.86. The highest BCUT2D eigenvalue weighted by Gasteiger charge is 2.18. The topological polar surface area (TPSA) is 55.3 Å². The Hall–Kier alpha value is -4.17. The molecule has 4 rings (SSSR count). The molecule has 0 saturated heterocycles. The monoisotopic (exact) mass is 479 g/mol. The van der Waals surface area contributed by atoms with Crippen molar-refractivity contribution in [1.82, 2.24) is 9.97 Å². The Morgan fingerprint density at radius 3 is 2.19 bits per heavy atom. The number of ketones is 1. The summed E-state index contributed by atoms with van der Waals surface area (Å²) in [5.74, 6) is 3.86. The number of aromatic nitrogens is 2. The number of terminal acetylenes is 1. The van der Waals surface area contributed by atoms with Gasteiger partial charge in [-0.1, -0.05) is 56.5 Å². The molecule has 0 unspecified atom stereocenters. The molecule has 0 amide bonds. The minimum atomic E-state index is -0.224. The summed E-state index contributed by atoms with van der Waals surface area (Å²) in [5.41, 5.74) is 4.93. The molecule has 0 atom stereocenters. The van der Waals surface area contributed by atoms with E-state index in [1.807, 2.05) is 74.4 Å². The number of anilines is 1. The first kappa shape index (κ1) is 26.4. The number of nitrogens with zero attached hydrogens (tertiary/aromatic N) is 3. The van der Waals surface area contributed by atoms with Crippen LogP contribution in [0, 0.1) is 25.2 Å². The van der Waals surface area contributed by atoms with Crippen molar-refractivity contribution in [3.8, 4) is 29.4 Å². The first-order valence-corrected chi connectivity index (χ1v) is 12.0. The van der Waals surface area contributed by atoms with E-state index in [-0.39, 0.29) is 18.2 Å². The molecule has 0 saturated carbocycles. The number of ether oxygens (including phenoxy) is 1. The zero-order valence-electron chi connectivity index (χ0n) is 21.9. The summed E-state index contributed by atoms with van der Waals surface area (Å²) in [6, 6.07) is 20.9. The fourth-order valence-corrected chi connectivity index (χ4v) is 3.40. The van der Waals surface area contributed by atoms with Crippen molar-refractivity contribution in [2.24, 2.45) is 5.92 Å². The molecule has 0 N–H and O–H groups in total. The number of carbonyl (C=O) groups is 1. The first-order chi connectivity index (χ1) is 17.2. The van der Waals surface area contributed by atoms with E-state index in [9.17, 15) is 4.79 Å². The van der Waals surface area contributed by atoms with Crippen molar-refractivity contribution < 1.29 is 9.53 Å². The largest absolute Gasteiger partial charge is 0.481 e. The van der Waals surface area contributed by atoms with E-state index in [4.69, 9.17) is 11.2 Å². The fraction of sp³-hybridized carbons (Fsp3) is 0.258. The third-order valence-corrected chi connectivity index (χ3v) is 5.16. The number of rotatable bonds is 6. The van der Waals surface area contributed by atoms with Gasteiger partial charge in [0.25, 0.3) is 0 Å². The molecule has 0 spiro atoms. The summed E-state index contributed by atoms with van der Waals surface area (Å²) in [6.07, 6.45) is 5.32. The molecule has 36 heavy (non-hydrogen) atoms. The van der Waals surface area contributed by atoms with Gasteiger partial charge in [0.2, 0.25) is 11.6 Å². The van der Waals surface area contributed by atoms with Crippen LogP contribution in [-0.2, 0) is 0 Å². The van der Waals surface area contributed by atoms with Gasteiger partial charge in [0.15, 0.2) is 0 Å². The van der Waals surface area contributed by atoms with Crippen molar-refractivity contribution in [3.05, 3.63) is 83.7 Å². The summed E-state index contributed by atoms with van der Waals surface area (Å²) in [5, 5.41) is 0.794. The molecule has 0 fully saturated rings. The lowest BCUT2D eigenvalue weighted by Gasteiger charge is -2.13. The Kier molecular flexibility index (Phi) is 8.81. The van der Waals surface area contributed by atoms with Gasteiger partial charge in [-0.05, 0) is 55.3 Å². The predicted molar refractivity (Wildman–Crippen MR) is 149 cm³/mol. The van der Waals surface area contributed by atoms with E-state index in [0.717, 1.165) is 28.1 Å². The molecule has 1 aromatic heterocycles. The zero-order valence-corrected chi connectivity index (χ0v) is 21.9. The van der Waals surface area contributed by atoms with Crippen LogP contribution in [-0.4, -0.2) is 36.5 Å². The second-order valence-electron chi connectivity index (χ2n) is 9.44. The maximum atomic E-state index is 13.2. The van der Waals surface area contributed by atoms with Gasteiger partial charge >= 0.3 is 0 Å². The van der Waals surface area contributed by atoms with Crippen molar-refractivity contribution in [3.63, 3.8) is 0 Å². The summed E-state index contributed by atoms with van der Waals surface area (Å²) < 4.78 is 5.59. The highest BCUT2D eigenvalue weighted by atomic mass is 16.5. The molecule has 0 bridgehead atoms. The Labute approximate surface area is 214 Å². The Balaban J connectivity index is 0.000000840. The van der Waals surface area contributed by atoms with Gasteiger partial charge in [0, 0.05) is 36.3 Å². The average molecular weight is 480 g/mol. The molecule has 4 aromatic rings. The molecular weight excluding hydrogens is 446 g/mol. The fourth-order valence-electron chi connectivity index (χ4n) is 3.40. The molecule has 0 aliphatic carbocycles. The number of carbonyl (C=O) groups excluding carboxylic acids is 1. The van der Waals surface area contributed by atoms with E-state index in [2.05, 4.69) is 36.7 Å². The minimum Gasteiger partial charge on any atom is -0.481 e. The molecular formula is C31H33N3O2. The van der Waals surface area contributed by atoms with Crippen molar-refractivity contribution in [2.75, 3.05) is 25.6 Å². The van der Waals surface area contributed by atoms with Crippen LogP contribution in [0.15, 0.2) is 66.7 Å². The highest BCUT2D eigenvalue weighted by molar-refractivity contribution is 6.08. The number of fused-ring (bicyclic) bond motifs is 1. The Bertz CT molecular complexity index is 1360. The van der Waals surface area contributed by atoms with Gasteiger partial charge in [-0.25, -0.2) is 9.97 Å². The van der Waals surface area contributed by atoms with Gasteiger partial charge in [0.1, 0.15) is 12.4 Å². The van der Waals surface area contributed by atoms with Crippen molar-refractivity contribution in [2.45, 2.75) is 27.7 Å². The molecule has 3 aromatic carbocycles. The van der Waals surface area contributed by atoms with E-state index in [1.54, 1.807) is 18.2 Å². The maximum absolute atomic E-state index is 13.2. The number of hydrogen-bond acceptors (Lipinski definition) is 5. The minimum absolute atomic E-state index is 0.156. The van der Waals surface area contributed by atoms with Crippen LogP contribution < -0.4 is 9.64 Å². The van der Waals surface area contributed by atoms with Crippen LogP contribution in [0.4, 0.5) is 5.69 Å². The van der Waals surface area contributed by atoms with Crippen LogP contribution in [0.5, 0.6) is 5.75 Å². The van der Waals surface area contributed by atoms with E-state index in [0.29, 0.717) is 22.5 Å². The van der Waals surface area contributed by atoms with Gasteiger partial charge in [-0.15, -0.1) is 6.42 Å². The molecule has 5 heteroatoms. The van der Waals surface area contributed by atoms with Crippen LogP contribution in [0.3, 0.4) is 0 Å². The highest BCUT2D eigenvalue weighted by Crippen LogP contribution is 2.30. The second-order valence-corrected chi connectivity index (χ2v) is 9.44. The number of aryl methyl sites for hydroxylation is 1. The maximum Gasteiger partial charge on any atom is 0.230 e. The van der Waals surface area contributed by atoms with Gasteiger partial charge in [-0.3, -0.25) is 4.79 Å². The molecule has 1 heterocycles. The summed E-state index contributed by atoms with van der Waals surface area (Å²) in [4.78, 5) is 24.5. The second kappa shape index (κ2) is 12.0. The van der Waals surface area contributed by atoms with Crippen molar-refractivity contribution >= 4 is 22.4 Å². The van der Waals surface area contributed by atoms with E-state index >= 15 is 0 Å². The summed E-state index contributed by atoms with van der Waals surface area (Å²) in [6.45, 7) is 8.70. The predicted octanol–water partition coefficient (Wildman–Crippen LogP) is 6.58. The third kappa shape index (κ3) is 6.70. The van der Waals surface area contributed by atoms with Crippen LogP contribution >= 0.6 is 0 Å². The standard InChI is InChI=1S/C27H23N3O2.C4H10/c1-5-16-32-22-14-15-24-23(17-22)25(19-8-6-18(2)7-9-19)29-27(28-24)26(31)20-10-12-21(13-11-20)30(3)4;1-4(2)3/h1,6-15,17H,16H2,2-4H3;4H,1-3H3. The van der Waals surface area contributed by atoms with Crippen molar-refractivity contribution in [1.29, 1.82) is 0 Å². The van der Waals surface area contributed by atoms with Crippen LogP contribution in [0.25, 0.3) is 22.2 Å². The summed E-state index contributed by atoms with van der Waals surface area (Å²) >= 11 is 0. The Morgan fingerprint density at radius 1 is 0.972 bits per heavy atom. The first-order valence-electron chi connectivity index (χ1n) is 12.0. The third-order valence-electron chi connectivity index (χ3n) is 5.16.